The van der Waals surface area contributed by atoms with Crippen molar-refractivity contribution in [2.75, 3.05) is 31.2 Å². The molecule has 3 rings (SSSR count). The molecule has 34 heavy (non-hydrogen) atoms. The summed E-state index contributed by atoms with van der Waals surface area (Å²) in [4.78, 5) is 40.1. The fourth-order valence-corrected chi connectivity index (χ4v) is 5.14. The quantitative estimate of drug-likeness (QED) is 0.346. The smallest absolute Gasteiger partial charge is 0.358 e. The van der Waals surface area contributed by atoms with Crippen LogP contribution in [0.25, 0.3) is 0 Å². The van der Waals surface area contributed by atoms with E-state index >= 15 is 0 Å². The number of anilines is 1. The molecule has 3 heterocycles. The number of ether oxygens (including phenoxy) is 2. The molecule has 2 aromatic rings. The lowest BCUT2D eigenvalue weighted by atomic mass is 10.0. The summed E-state index contributed by atoms with van der Waals surface area (Å²) in [5.41, 5.74) is 1.14. The number of nitrogens with one attached hydrogen (secondary N) is 2. The first-order valence-electron chi connectivity index (χ1n) is 12.0. The van der Waals surface area contributed by atoms with Gasteiger partial charge in [0.25, 0.3) is 5.91 Å². The number of piperidine rings is 1. The van der Waals surface area contributed by atoms with E-state index in [-0.39, 0.29) is 29.8 Å². The number of halogens is 1. The fourth-order valence-electron chi connectivity index (χ4n) is 3.86. The molecule has 1 aliphatic heterocycles. The van der Waals surface area contributed by atoms with Crippen LogP contribution in [0.1, 0.15) is 78.6 Å². The Morgan fingerprint density at radius 2 is 2.03 bits per heavy atom. The molecule has 9 nitrogen and oxygen atoms in total. The highest BCUT2D eigenvalue weighted by Gasteiger charge is 2.34. The average molecular weight is 512 g/mol. The highest BCUT2D eigenvalue weighted by atomic mass is 35.5. The van der Waals surface area contributed by atoms with Crippen LogP contribution >= 0.6 is 22.9 Å². The Morgan fingerprint density at radius 1 is 1.24 bits per heavy atom. The summed E-state index contributed by atoms with van der Waals surface area (Å²) in [6.45, 7) is 10.1. The maximum absolute atomic E-state index is 12.8. The Hall–Kier alpha value is -2.17. The van der Waals surface area contributed by atoms with Crippen LogP contribution in [0.2, 0.25) is 5.15 Å². The molecule has 0 radical (unpaired) electrons. The van der Waals surface area contributed by atoms with Crippen molar-refractivity contribution in [2.45, 2.75) is 71.9 Å². The van der Waals surface area contributed by atoms with Crippen molar-refractivity contribution in [3.8, 4) is 0 Å². The van der Waals surface area contributed by atoms with Crippen molar-refractivity contribution in [1.29, 1.82) is 0 Å². The van der Waals surface area contributed by atoms with Gasteiger partial charge in [0.05, 0.1) is 24.4 Å². The largest absolute Gasteiger partial charge is 0.461 e. The molecule has 2 aromatic heterocycles. The van der Waals surface area contributed by atoms with Crippen LogP contribution in [0.3, 0.4) is 0 Å². The number of esters is 1. The van der Waals surface area contributed by atoms with Gasteiger partial charge in [-0.2, -0.15) is 0 Å². The number of amides is 1. The summed E-state index contributed by atoms with van der Waals surface area (Å²) >= 11 is 7.60. The number of H-pyrrole nitrogens is 1. The van der Waals surface area contributed by atoms with Crippen LogP contribution in [-0.4, -0.2) is 65.3 Å². The number of rotatable bonds is 11. The van der Waals surface area contributed by atoms with Crippen molar-refractivity contribution in [3.05, 3.63) is 27.2 Å². The zero-order valence-corrected chi connectivity index (χ0v) is 21.9. The van der Waals surface area contributed by atoms with E-state index in [2.05, 4.69) is 32.1 Å². The summed E-state index contributed by atoms with van der Waals surface area (Å²) in [5, 5.41) is 4.15. The van der Waals surface area contributed by atoms with E-state index in [4.69, 9.17) is 21.1 Å². The lowest BCUT2D eigenvalue weighted by molar-refractivity contribution is 0.0271. The van der Waals surface area contributed by atoms with E-state index in [0.717, 1.165) is 28.5 Å². The van der Waals surface area contributed by atoms with Gasteiger partial charge in [0.1, 0.15) is 0 Å². The van der Waals surface area contributed by atoms with Gasteiger partial charge in [-0.15, -0.1) is 11.3 Å². The van der Waals surface area contributed by atoms with Crippen LogP contribution in [0.15, 0.2) is 0 Å². The van der Waals surface area contributed by atoms with Gasteiger partial charge in [-0.3, -0.25) is 4.79 Å². The van der Waals surface area contributed by atoms with Crippen molar-refractivity contribution < 1.29 is 19.1 Å². The number of imidazole rings is 1. The zero-order chi connectivity index (χ0) is 24.7. The predicted octanol–water partition coefficient (Wildman–Crippen LogP) is 4.02. The van der Waals surface area contributed by atoms with Crippen molar-refractivity contribution in [3.63, 3.8) is 0 Å². The van der Waals surface area contributed by atoms with E-state index < -0.39 is 0 Å². The molecule has 0 bridgehead atoms. The van der Waals surface area contributed by atoms with Gasteiger partial charge in [0.2, 0.25) is 0 Å². The monoisotopic (exact) mass is 511 g/mol. The number of aromatic nitrogens is 3. The highest BCUT2D eigenvalue weighted by Crippen LogP contribution is 2.30. The first-order chi connectivity index (χ1) is 16.4. The first-order valence-corrected chi connectivity index (χ1v) is 13.2. The molecule has 0 saturated carbocycles. The Labute approximate surface area is 209 Å². The third-order valence-corrected chi connectivity index (χ3v) is 7.33. The Kier molecular flexibility index (Phi) is 9.73. The lowest BCUT2D eigenvalue weighted by Crippen LogP contribution is -2.55. The SMILES string of the molecule is CCCCOC(=O)c1nc(N2CC[C@H](NC(=O)c3nc(Cl)c(CC)[nH]3)[C@H](OCC)C2)sc1CC. The molecule has 2 atom stereocenters. The van der Waals surface area contributed by atoms with E-state index in [9.17, 15) is 9.59 Å². The molecule has 0 unspecified atom stereocenters. The predicted molar refractivity (Wildman–Crippen MR) is 133 cm³/mol. The highest BCUT2D eigenvalue weighted by molar-refractivity contribution is 7.15. The van der Waals surface area contributed by atoms with Gasteiger partial charge >= 0.3 is 5.97 Å². The minimum atomic E-state index is -0.361. The number of hydrogen-bond acceptors (Lipinski definition) is 8. The van der Waals surface area contributed by atoms with E-state index in [1.54, 1.807) is 0 Å². The number of unbranched alkanes of at least 4 members (excludes halogenated alkanes) is 1. The van der Waals surface area contributed by atoms with Crippen LogP contribution in [0, 0.1) is 0 Å². The fraction of sp³-hybridized carbons (Fsp3) is 0.652. The molecule has 1 saturated heterocycles. The van der Waals surface area contributed by atoms with Crippen molar-refractivity contribution in [2.24, 2.45) is 0 Å². The first kappa shape index (κ1) is 26.4. The van der Waals surface area contributed by atoms with E-state index in [0.29, 0.717) is 56.4 Å². The molecule has 2 N–H and O–H groups in total. The zero-order valence-electron chi connectivity index (χ0n) is 20.3. The second-order valence-corrected chi connectivity index (χ2v) is 9.55. The Morgan fingerprint density at radius 3 is 2.68 bits per heavy atom. The third kappa shape index (κ3) is 6.28. The number of aryl methyl sites for hydroxylation is 2. The van der Waals surface area contributed by atoms with Crippen LogP contribution < -0.4 is 10.2 Å². The molecular weight excluding hydrogens is 478 g/mol. The molecule has 1 aliphatic rings. The minimum Gasteiger partial charge on any atom is -0.461 e. The number of nitrogens with zero attached hydrogens (tertiary/aromatic N) is 3. The number of carbonyl (C=O) groups excluding carboxylic acids is 2. The van der Waals surface area contributed by atoms with E-state index in [1.165, 1.54) is 11.3 Å². The van der Waals surface area contributed by atoms with Gasteiger partial charge in [0, 0.05) is 24.6 Å². The normalized spacial score (nSPS) is 18.2. The topological polar surface area (TPSA) is 109 Å². The average Bonchev–Trinajstić information content (AvgIpc) is 3.44. The molecule has 0 aromatic carbocycles. The maximum Gasteiger partial charge on any atom is 0.358 e. The number of hydrogen-bond donors (Lipinski definition) is 2. The molecule has 11 heteroatoms. The van der Waals surface area contributed by atoms with E-state index in [1.807, 2.05) is 20.8 Å². The minimum absolute atomic E-state index is 0.179. The number of carbonyl (C=O) groups is 2. The van der Waals surface area contributed by atoms with Gasteiger partial charge in [-0.1, -0.05) is 38.8 Å². The number of thiazole rings is 1. The second kappa shape index (κ2) is 12.5. The van der Waals surface area contributed by atoms with Gasteiger partial charge in [-0.05, 0) is 32.6 Å². The van der Waals surface area contributed by atoms with Gasteiger partial charge < -0.3 is 24.7 Å². The lowest BCUT2D eigenvalue weighted by Gasteiger charge is -2.38. The molecule has 0 aliphatic carbocycles. The number of aromatic amines is 1. The second-order valence-electron chi connectivity index (χ2n) is 8.13. The summed E-state index contributed by atoms with van der Waals surface area (Å²) in [7, 11) is 0. The standard InChI is InChI=1S/C23H34ClN5O4S/c1-5-9-12-33-22(31)18-17(7-3)34-23(27-18)29-11-10-15(16(13-29)32-8-4)26-21(30)20-25-14(6-2)19(24)28-20/h15-16H,5-13H2,1-4H3,(H,25,28)(H,26,30)/t15-,16+/m0/s1. The summed E-state index contributed by atoms with van der Waals surface area (Å²) < 4.78 is 11.4. The van der Waals surface area contributed by atoms with Crippen molar-refractivity contribution in [1.82, 2.24) is 20.3 Å². The maximum atomic E-state index is 12.8. The molecule has 188 valence electrons. The third-order valence-electron chi connectivity index (χ3n) is 5.76. The Bertz CT molecular complexity index is 979. The molecule has 0 spiro atoms. The summed E-state index contributed by atoms with van der Waals surface area (Å²) in [6.07, 6.45) is 3.62. The molecular formula is C23H34ClN5O4S. The van der Waals surface area contributed by atoms with Crippen LogP contribution in [0.4, 0.5) is 5.13 Å². The molecule has 1 amide bonds. The van der Waals surface area contributed by atoms with Crippen LogP contribution in [0.5, 0.6) is 0 Å². The summed E-state index contributed by atoms with van der Waals surface area (Å²) in [6, 6.07) is -0.179. The van der Waals surface area contributed by atoms with Crippen LogP contribution in [-0.2, 0) is 22.3 Å². The Balaban J connectivity index is 1.69. The van der Waals surface area contributed by atoms with Gasteiger partial charge in [0.15, 0.2) is 21.8 Å². The summed E-state index contributed by atoms with van der Waals surface area (Å²) in [5.74, 6) is -0.456. The van der Waals surface area contributed by atoms with Crippen molar-refractivity contribution >= 4 is 39.9 Å². The molecule has 1 fully saturated rings. The van der Waals surface area contributed by atoms with Gasteiger partial charge in [-0.25, -0.2) is 14.8 Å².